The Balaban J connectivity index is 1.93. The Kier molecular flexibility index (Phi) is 4.63. The van der Waals surface area contributed by atoms with Crippen molar-refractivity contribution in [3.8, 4) is 0 Å². The van der Waals surface area contributed by atoms with Gasteiger partial charge in [-0.1, -0.05) is 24.3 Å². The largest absolute Gasteiger partial charge is 0.353 e. The van der Waals surface area contributed by atoms with E-state index < -0.39 is 0 Å². The molecule has 2 nitrogen and oxygen atoms in total. The van der Waals surface area contributed by atoms with Gasteiger partial charge in [-0.2, -0.15) is 0 Å². The molecule has 1 saturated heterocycles. The summed E-state index contributed by atoms with van der Waals surface area (Å²) >= 11 is 0. The second kappa shape index (κ2) is 6.22. The zero-order valence-electron chi connectivity index (χ0n) is 10.7. The SMILES string of the molecule is [B]N1CCC(c2ccc(CCNC)cc2)CC1. The van der Waals surface area contributed by atoms with Crippen LogP contribution >= 0.6 is 0 Å². The molecule has 17 heavy (non-hydrogen) atoms. The van der Waals surface area contributed by atoms with E-state index >= 15 is 0 Å². The fraction of sp³-hybridized carbons (Fsp3) is 0.571. The Labute approximate surface area is 106 Å². The van der Waals surface area contributed by atoms with Crippen molar-refractivity contribution in [2.45, 2.75) is 25.2 Å². The van der Waals surface area contributed by atoms with Gasteiger partial charge in [0, 0.05) is 0 Å². The van der Waals surface area contributed by atoms with Gasteiger partial charge in [-0.05, 0) is 63.0 Å². The van der Waals surface area contributed by atoms with Gasteiger partial charge in [-0.15, -0.1) is 0 Å². The highest BCUT2D eigenvalue weighted by molar-refractivity contribution is 6.04. The van der Waals surface area contributed by atoms with Crippen LogP contribution in [0.1, 0.15) is 29.9 Å². The minimum Gasteiger partial charge on any atom is -0.353 e. The molecular weight excluding hydrogens is 207 g/mol. The fourth-order valence-corrected chi connectivity index (χ4v) is 2.46. The lowest BCUT2D eigenvalue weighted by atomic mass is 9.88. The minimum absolute atomic E-state index is 0.702. The Hall–Kier alpha value is -0.795. The molecule has 1 aromatic rings. The second-order valence-electron chi connectivity index (χ2n) is 4.91. The van der Waals surface area contributed by atoms with E-state index in [2.05, 4.69) is 29.6 Å². The van der Waals surface area contributed by atoms with E-state index in [1.807, 2.05) is 11.9 Å². The standard InChI is InChI=1S/C14H21BN2/c1-16-9-6-12-2-4-13(5-3-12)14-7-10-17(15)11-8-14/h2-5,14,16H,6-11H2,1H3. The Morgan fingerprint density at radius 1 is 1.24 bits per heavy atom. The van der Waals surface area contributed by atoms with E-state index in [0.717, 1.165) is 26.1 Å². The first kappa shape index (κ1) is 12.7. The van der Waals surface area contributed by atoms with E-state index in [0.29, 0.717) is 5.92 Å². The molecule has 1 heterocycles. The molecule has 0 aliphatic carbocycles. The zero-order chi connectivity index (χ0) is 12.1. The molecule has 1 aliphatic heterocycles. The highest BCUT2D eigenvalue weighted by Crippen LogP contribution is 2.27. The molecule has 2 radical (unpaired) electrons. The third-order valence-electron chi connectivity index (χ3n) is 3.64. The Bertz CT molecular complexity index is 329. The average Bonchev–Trinajstić information content (AvgIpc) is 2.38. The number of likely N-dealkylation sites (N-methyl/N-ethyl adjacent to an activating group) is 1. The summed E-state index contributed by atoms with van der Waals surface area (Å²) in [6, 6.07) is 9.12. The molecule has 0 saturated carbocycles. The zero-order valence-corrected chi connectivity index (χ0v) is 10.7. The summed E-state index contributed by atoms with van der Waals surface area (Å²) in [5, 5.41) is 3.18. The van der Waals surface area contributed by atoms with E-state index in [-0.39, 0.29) is 0 Å². The van der Waals surface area contributed by atoms with Crippen LogP contribution in [-0.4, -0.2) is 39.5 Å². The van der Waals surface area contributed by atoms with Gasteiger partial charge in [0.05, 0.1) is 0 Å². The van der Waals surface area contributed by atoms with Crippen LogP contribution in [0.25, 0.3) is 0 Å². The third kappa shape index (κ3) is 3.58. The predicted octanol–water partition coefficient (Wildman–Crippen LogP) is 1.71. The van der Waals surface area contributed by atoms with Crippen LogP contribution < -0.4 is 5.32 Å². The molecular formula is C14H21BN2. The van der Waals surface area contributed by atoms with Crippen LogP contribution in [0.4, 0.5) is 0 Å². The minimum atomic E-state index is 0.702. The monoisotopic (exact) mass is 228 g/mol. The van der Waals surface area contributed by atoms with Gasteiger partial charge >= 0.3 is 0 Å². The summed E-state index contributed by atoms with van der Waals surface area (Å²) in [7, 11) is 7.78. The smallest absolute Gasteiger partial charge is 0.182 e. The van der Waals surface area contributed by atoms with Crippen molar-refractivity contribution in [1.29, 1.82) is 0 Å². The molecule has 1 N–H and O–H groups in total. The quantitative estimate of drug-likeness (QED) is 0.789. The van der Waals surface area contributed by atoms with E-state index in [1.54, 1.807) is 0 Å². The maximum absolute atomic E-state index is 5.78. The van der Waals surface area contributed by atoms with Gasteiger partial charge in [0.2, 0.25) is 0 Å². The molecule has 0 unspecified atom stereocenters. The van der Waals surface area contributed by atoms with Crippen molar-refractivity contribution < 1.29 is 0 Å². The van der Waals surface area contributed by atoms with Gasteiger partial charge in [-0.25, -0.2) is 0 Å². The molecule has 90 valence electrons. The van der Waals surface area contributed by atoms with Crippen LogP contribution in [0.5, 0.6) is 0 Å². The first-order chi connectivity index (χ1) is 8.29. The molecule has 0 atom stereocenters. The van der Waals surface area contributed by atoms with Crippen LogP contribution in [-0.2, 0) is 6.42 Å². The van der Waals surface area contributed by atoms with Crippen molar-refractivity contribution in [2.75, 3.05) is 26.7 Å². The van der Waals surface area contributed by atoms with Gasteiger partial charge < -0.3 is 10.1 Å². The van der Waals surface area contributed by atoms with Crippen LogP contribution in [0.15, 0.2) is 24.3 Å². The van der Waals surface area contributed by atoms with Crippen molar-refractivity contribution in [3.63, 3.8) is 0 Å². The number of benzene rings is 1. The summed E-state index contributed by atoms with van der Waals surface area (Å²) in [4.78, 5) is 1.93. The van der Waals surface area contributed by atoms with Crippen molar-refractivity contribution in [2.24, 2.45) is 0 Å². The first-order valence-corrected chi connectivity index (χ1v) is 6.52. The Morgan fingerprint density at radius 3 is 2.47 bits per heavy atom. The lowest BCUT2D eigenvalue weighted by Crippen LogP contribution is -2.30. The molecule has 1 fully saturated rings. The lowest BCUT2D eigenvalue weighted by molar-refractivity contribution is 0.334. The van der Waals surface area contributed by atoms with Crippen LogP contribution in [0.2, 0.25) is 0 Å². The maximum Gasteiger partial charge on any atom is 0.182 e. The van der Waals surface area contributed by atoms with E-state index in [1.165, 1.54) is 24.0 Å². The predicted molar refractivity (Wildman–Crippen MR) is 73.4 cm³/mol. The van der Waals surface area contributed by atoms with Crippen LogP contribution in [0.3, 0.4) is 0 Å². The second-order valence-corrected chi connectivity index (χ2v) is 4.91. The van der Waals surface area contributed by atoms with Crippen molar-refractivity contribution >= 4 is 7.98 Å². The van der Waals surface area contributed by atoms with Gasteiger partial charge in [0.15, 0.2) is 7.98 Å². The molecule has 1 aromatic carbocycles. The Morgan fingerprint density at radius 2 is 1.88 bits per heavy atom. The summed E-state index contributed by atoms with van der Waals surface area (Å²) in [5.74, 6) is 0.702. The molecule has 0 aromatic heterocycles. The highest BCUT2D eigenvalue weighted by atomic mass is 15.0. The summed E-state index contributed by atoms with van der Waals surface area (Å²) in [6.07, 6.45) is 3.48. The molecule has 0 bridgehead atoms. The molecule has 3 heteroatoms. The van der Waals surface area contributed by atoms with Crippen molar-refractivity contribution in [1.82, 2.24) is 10.1 Å². The number of rotatable bonds is 4. The number of piperidine rings is 1. The first-order valence-electron chi connectivity index (χ1n) is 6.52. The molecule has 0 spiro atoms. The number of nitrogens with zero attached hydrogens (tertiary/aromatic N) is 1. The lowest BCUT2D eigenvalue weighted by Gasteiger charge is -2.29. The fourth-order valence-electron chi connectivity index (χ4n) is 2.46. The van der Waals surface area contributed by atoms with Gasteiger partial charge in [0.1, 0.15) is 0 Å². The van der Waals surface area contributed by atoms with Gasteiger partial charge in [0.25, 0.3) is 0 Å². The maximum atomic E-state index is 5.78. The summed E-state index contributed by atoms with van der Waals surface area (Å²) in [6.45, 7) is 3.09. The molecule has 0 amide bonds. The van der Waals surface area contributed by atoms with Gasteiger partial charge in [-0.3, -0.25) is 0 Å². The third-order valence-corrected chi connectivity index (χ3v) is 3.64. The number of nitrogens with one attached hydrogen (secondary N) is 1. The van der Waals surface area contributed by atoms with E-state index in [9.17, 15) is 0 Å². The van der Waals surface area contributed by atoms with Crippen LogP contribution in [0, 0.1) is 0 Å². The summed E-state index contributed by atoms with van der Waals surface area (Å²) in [5.41, 5.74) is 2.89. The molecule has 2 rings (SSSR count). The van der Waals surface area contributed by atoms with Crippen molar-refractivity contribution in [3.05, 3.63) is 35.4 Å². The summed E-state index contributed by atoms with van der Waals surface area (Å²) < 4.78 is 0. The molecule has 1 aliphatic rings. The number of hydrogen-bond donors (Lipinski definition) is 1. The average molecular weight is 228 g/mol. The topological polar surface area (TPSA) is 15.3 Å². The normalized spacial score (nSPS) is 18.4. The number of hydrogen-bond acceptors (Lipinski definition) is 2. The van der Waals surface area contributed by atoms with E-state index in [4.69, 9.17) is 7.98 Å². The highest BCUT2D eigenvalue weighted by Gasteiger charge is 2.17.